The molecule has 0 bridgehead atoms. The summed E-state index contributed by atoms with van der Waals surface area (Å²) in [5, 5.41) is 0.809. The van der Waals surface area contributed by atoms with E-state index in [0.717, 1.165) is 54.7 Å². The summed E-state index contributed by atoms with van der Waals surface area (Å²) < 4.78 is 62.7. The summed E-state index contributed by atoms with van der Waals surface area (Å²) in [6, 6.07) is 6.66. The average Bonchev–Trinajstić information content (AvgIpc) is 3.86. The van der Waals surface area contributed by atoms with E-state index in [1.165, 1.54) is 21.3 Å². The molecule has 13 nitrogen and oxygen atoms in total. The number of ether oxygens (including phenoxy) is 2. The molecule has 1 aromatic heterocycles. The molecule has 1 aliphatic carbocycles. The third-order valence-electron chi connectivity index (χ3n) is 11.0. The van der Waals surface area contributed by atoms with Crippen LogP contribution in [0.4, 0.5) is 10.1 Å². The van der Waals surface area contributed by atoms with Gasteiger partial charge in [0.15, 0.2) is 11.6 Å². The fourth-order valence-corrected chi connectivity index (χ4v) is 9.24. The zero-order valence-corrected chi connectivity index (χ0v) is 30.7. The molecule has 4 aliphatic rings. The van der Waals surface area contributed by atoms with Gasteiger partial charge in [-0.25, -0.2) is 13.9 Å². The van der Waals surface area contributed by atoms with Crippen molar-refractivity contribution in [3.63, 3.8) is 0 Å². The first-order valence-electron chi connectivity index (χ1n) is 18.1. The van der Waals surface area contributed by atoms with Crippen molar-refractivity contribution < 1.29 is 36.3 Å². The summed E-state index contributed by atoms with van der Waals surface area (Å²) in [5.41, 5.74) is 2.33. The Bertz CT molecular complexity index is 2040. The average molecular weight is 740 g/mol. The monoisotopic (exact) mass is 739 g/mol. The van der Waals surface area contributed by atoms with Gasteiger partial charge in [0, 0.05) is 63.0 Å². The number of halogens is 1. The van der Waals surface area contributed by atoms with Gasteiger partial charge in [0.2, 0.25) is 0 Å². The molecule has 0 spiro atoms. The molecule has 1 saturated carbocycles. The van der Waals surface area contributed by atoms with Gasteiger partial charge in [0.25, 0.3) is 11.8 Å². The largest absolute Gasteiger partial charge is 0.486 e. The van der Waals surface area contributed by atoms with Gasteiger partial charge in [0.05, 0.1) is 42.0 Å². The predicted octanol–water partition coefficient (Wildman–Crippen LogP) is 3.60. The lowest BCUT2D eigenvalue weighted by molar-refractivity contribution is 0.0725. The number of fused-ring (bicyclic) bond motifs is 3. The highest BCUT2D eigenvalue weighted by molar-refractivity contribution is 7.87. The fraction of sp³-hybridized carbons (Fsp3) is 0.541. The molecule has 7 rings (SSSR count). The van der Waals surface area contributed by atoms with E-state index in [9.17, 15) is 22.8 Å². The molecule has 0 radical (unpaired) electrons. The summed E-state index contributed by atoms with van der Waals surface area (Å²) in [4.78, 5) is 46.7. The van der Waals surface area contributed by atoms with Crippen molar-refractivity contribution in [2.24, 2.45) is 0 Å². The SMILES string of the molecule is COC[C@H]1CN(c2ccc3c4c(c(=O)oc3c2C)CN(C(=O)c2ccc(C(=O)NS(=O)(=O)N3CCCC3)c(OC3CCCC3)c2F)CC4)CCN1C. The lowest BCUT2D eigenvalue weighted by Crippen LogP contribution is -2.53. The van der Waals surface area contributed by atoms with E-state index in [4.69, 9.17) is 13.9 Å². The first-order chi connectivity index (χ1) is 25.0. The van der Waals surface area contributed by atoms with Gasteiger partial charge < -0.3 is 23.7 Å². The maximum atomic E-state index is 16.4. The van der Waals surface area contributed by atoms with E-state index in [1.807, 2.05) is 17.7 Å². The second-order valence-electron chi connectivity index (χ2n) is 14.3. The topological polar surface area (TPSA) is 142 Å². The molecular weight excluding hydrogens is 693 g/mol. The second-order valence-corrected chi connectivity index (χ2v) is 16.0. The number of amides is 2. The molecule has 1 N–H and O–H groups in total. The number of anilines is 1. The zero-order valence-electron chi connectivity index (χ0n) is 29.9. The van der Waals surface area contributed by atoms with Crippen LogP contribution < -0.4 is 20.0 Å². The molecule has 15 heteroatoms. The van der Waals surface area contributed by atoms with Gasteiger partial charge >= 0.3 is 15.8 Å². The number of methoxy groups -OCH3 is 1. The Kier molecular flexibility index (Phi) is 10.3. The third kappa shape index (κ3) is 6.91. The number of carbonyl (C=O) groups excluding carboxylic acids is 2. The van der Waals surface area contributed by atoms with E-state index in [0.29, 0.717) is 49.9 Å². The molecule has 280 valence electrons. The van der Waals surface area contributed by atoms with Gasteiger partial charge in [0.1, 0.15) is 5.58 Å². The smallest absolute Gasteiger partial charge is 0.341 e. The number of piperazine rings is 1. The Labute approximate surface area is 302 Å². The number of hydrogen-bond donors (Lipinski definition) is 1. The van der Waals surface area contributed by atoms with Crippen LogP contribution in [0, 0.1) is 12.7 Å². The van der Waals surface area contributed by atoms with Crippen LogP contribution in [0.2, 0.25) is 0 Å². The number of benzene rings is 2. The Morgan fingerprint density at radius 1 is 0.981 bits per heavy atom. The molecule has 3 aromatic rings. The Morgan fingerprint density at radius 3 is 2.44 bits per heavy atom. The number of rotatable bonds is 9. The first kappa shape index (κ1) is 36.3. The molecule has 52 heavy (non-hydrogen) atoms. The Balaban J connectivity index is 1.15. The maximum absolute atomic E-state index is 16.4. The van der Waals surface area contributed by atoms with Gasteiger partial charge in [-0.05, 0) is 88.7 Å². The third-order valence-corrected chi connectivity index (χ3v) is 12.5. The number of nitrogens with zero attached hydrogens (tertiary/aromatic N) is 4. The van der Waals surface area contributed by atoms with E-state index in [2.05, 4.69) is 22.9 Å². The lowest BCUT2D eigenvalue weighted by Gasteiger charge is -2.41. The summed E-state index contributed by atoms with van der Waals surface area (Å²) in [7, 11) is -0.354. The number of aryl methyl sites for hydroxylation is 1. The van der Waals surface area contributed by atoms with Crippen LogP contribution in [0.3, 0.4) is 0 Å². The van der Waals surface area contributed by atoms with Crippen LogP contribution in [0.15, 0.2) is 33.5 Å². The molecule has 2 amide bonds. The molecule has 0 unspecified atom stereocenters. The van der Waals surface area contributed by atoms with Crippen LogP contribution >= 0.6 is 0 Å². The standard InChI is InChI=1S/C37H46FN5O8S/c1-23-31(41-19-18-40(2)24(20-41)22-49-3)13-12-27-26-14-17-42(21-30(26)37(46)51-33(23)27)36(45)28-10-11-29(34(32(28)38)50-25-8-4-5-9-25)35(44)39-52(47,48)43-15-6-7-16-43/h10-13,24-25H,4-9,14-22H2,1-3H3,(H,39,44)/t24-/m1/s1. The number of hydrogen-bond acceptors (Lipinski definition) is 10. The molecular formula is C37H46FN5O8S. The van der Waals surface area contributed by atoms with Crippen molar-refractivity contribution in [1.29, 1.82) is 0 Å². The summed E-state index contributed by atoms with van der Waals surface area (Å²) in [6.45, 7) is 5.74. The quantitative estimate of drug-likeness (QED) is 0.324. The normalized spacial score (nSPS) is 20.4. The van der Waals surface area contributed by atoms with Crippen molar-refractivity contribution in [2.45, 2.75) is 70.6 Å². The summed E-state index contributed by atoms with van der Waals surface area (Å²) in [6.07, 6.45) is 4.36. The van der Waals surface area contributed by atoms with E-state index in [1.54, 1.807) is 7.11 Å². The molecule has 4 heterocycles. The molecule has 1 atom stereocenters. The Hall–Kier alpha value is -4.05. The minimum atomic E-state index is -4.14. The van der Waals surface area contributed by atoms with E-state index < -0.39 is 39.2 Å². The van der Waals surface area contributed by atoms with Crippen LogP contribution in [0.1, 0.15) is 75.9 Å². The predicted molar refractivity (Wildman–Crippen MR) is 193 cm³/mol. The van der Waals surface area contributed by atoms with Gasteiger partial charge in [-0.3, -0.25) is 14.5 Å². The second kappa shape index (κ2) is 14.8. The highest BCUT2D eigenvalue weighted by Crippen LogP contribution is 2.35. The lowest BCUT2D eigenvalue weighted by atomic mass is 9.95. The summed E-state index contributed by atoms with van der Waals surface area (Å²) in [5.74, 6) is -3.20. The van der Waals surface area contributed by atoms with Crippen molar-refractivity contribution in [3.05, 3.63) is 68.3 Å². The van der Waals surface area contributed by atoms with Gasteiger partial charge in [-0.15, -0.1) is 0 Å². The fourth-order valence-electron chi connectivity index (χ4n) is 8.03. The van der Waals surface area contributed by atoms with Crippen LogP contribution in [0.5, 0.6) is 5.75 Å². The van der Waals surface area contributed by atoms with E-state index in [-0.39, 0.29) is 49.5 Å². The van der Waals surface area contributed by atoms with Crippen molar-refractivity contribution >= 4 is 38.7 Å². The van der Waals surface area contributed by atoms with Gasteiger partial charge in [-0.2, -0.15) is 12.7 Å². The first-order valence-corrected chi connectivity index (χ1v) is 19.5. The van der Waals surface area contributed by atoms with Crippen molar-refractivity contribution in [3.8, 4) is 5.75 Å². The van der Waals surface area contributed by atoms with Crippen molar-refractivity contribution in [2.75, 3.05) is 64.9 Å². The van der Waals surface area contributed by atoms with Crippen LogP contribution in [0.25, 0.3) is 11.0 Å². The molecule has 2 saturated heterocycles. The number of nitrogens with one attached hydrogen (secondary N) is 1. The van der Waals surface area contributed by atoms with Crippen LogP contribution in [-0.2, 0) is 27.9 Å². The number of likely N-dealkylation sites (N-methyl/N-ethyl adjacent to an activating group) is 1. The summed E-state index contributed by atoms with van der Waals surface area (Å²) >= 11 is 0. The van der Waals surface area contributed by atoms with Crippen LogP contribution in [-0.4, -0.2) is 107 Å². The number of carbonyl (C=O) groups is 2. The highest BCUT2D eigenvalue weighted by Gasteiger charge is 2.34. The minimum absolute atomic E-state index is 0.0844. The highest BCUT2D eigenvalue weighted by atomic mass is 32.2. The van der Waals surface area contributed by atoms with Crippen molar-refractivity contribution in [1.82, 2.24) is 18.8 Å². The molecule has 3 aliphatic heterocycles. The zero-order chi connectivity index (χ0) is 36.7. The minimum Gasteiger partial charge on any atom is -0.486 e. The molecule has 3 fully saturated rings. The van der Waals surface area contributed by atoms with Gasteiger partial charge in [-0.1, -0.05) is 0 Å². The molecule has 2 aromatic carbocycles. The van der Waals surface area contributed by atoms with E-state index >= 15 is 4.39 Å². The Morgan fingerprint density at radius 2 is 1.71 bits per heavy atom. The maximum Gasteiger partial charge on any atom is 0.341 e.